The van der Waals surface area contributed by atoms with Crippen molar-refractivity contribution in [2.24, 2.45) is 17.6 Å². The molecule has 0 fully saturated rings. The van der Waals surface area contributed by atoms with Crippen LogP contribution in [0.15, 0.2) is 103 Å². The predicted octanol–water partition coefficient (Wildman–Crippen LogP) is 5.96. The van der Waals surface area contributed by atoms with Crippen LogP contribution in [0, 0.1) is 11.8 Å². The molecule has 2 heterocycles. The number of aromatic nitrogens is 2. The Morgan fingerprint density at radius 2 is 1.51 bits per heavy atom. The summed E-state index contributed by atoms with van der Waals surface area (Å²) in [5.41, 5.74) is 8.94. The van der Waals surface area contributed by atoms with Gasteiger partial charge in [-0.25, -0.2) is 14.8 Å². The standard InChI is InChI=1S/C51H53ClN6O10/c1-29-23-44(62)46(58(3)50(66)36(7-4-5-20-53)27-43(61)34-11-9-32(10-12-34)33-13-16-37(52)17-14-33)35-15-19-42(60)39(26-35)38-24-31(8-18-41(38)59)25-40(57-48(29)64)49(65)56-30(2)45(63)28-68-51(67)47-54-21-6-22-55-47/h6,8-19,21-22,24,26,29-30,36,40,46,59-60H,4-5,7,20,23,25,27-28,53H2,1-3H3,(H,56,65)(H,57,64)/t29-,30+,36-,40+,46+/m1/s1. The number of benzene rings is 4. The first-order valence-electron chi connectivity index (χ1n) is 22.2. The maximum absolute atomic E-state index is 14.7. The summed E-state index contributed by atoms with van der Waals surface area (Å²) in [5, 5.41) is 28.2. The van der Waals surface area contributed by atoms with Gasteiger partial charge in [-0.1, -0.05) is 73.5 Å². The molecule has 17 heteroatoms. The van der Waals surface area contributed by atoms with E-state index in [1.54, 1.807) is 24.3 Å². The Morgan fingerprint density at radius 1 is 0.882 bits per heavy atom. The quantitative estimate of drug-likeness (QED) is 0.0436. The van der Waals surface area contributed by atoms with Crippen LogP contribution in [0.3, 0.4) is 0 Å². The van der Waals surface area contributed by atoms with Crippen molar-refractivity contribution in [2.45, 2.75) is 70.5 Å². The van der Waals surface area contributed by atoms with Crippen molar-refractivity contribution in [2.75, 3.05) is 20.2 Å². The summed E-state index contributed by atoms with van der Waals surface area (Å²) in [6.45, 7) is 2.54. The molecule has 0 radical (unpaired) electrons. The molecule has 3 amide bonds. The van der Waals surface area contributed by atoms with Crippen LogP contribution in [-0.4, -0.2) is 98.4 Å². The number of carbonyl (C=O) groups is 7. The number of halogens is 1. The molecule has 1 aromatic heterocycles. The number of ketones is 3. The SMILES string of the molecule is C[C@@H]1CC(=O)[C@@H](N(C)C(=O)[C@H](CCCCN)CC(=O)c2ccc(-c3ccc(Cl)cc3)cc2)c2ccc(O)c(c2)-c2cc(ccc2O)C[C@@H](C(=O)N[C@@H](C)C(=O)COC(=O)c2ncccn2)NC1=O. The van der Waals surface area contributed by atoms with Crippen molar-refractivity contribution in [1.29, 1.82) is 0 Å². The van der Waals surface area contributed by atoms with Crippen LogP contribution in [0.1, 0.15) is 84.1 Å². The second-order valence-electron chi connectivity index (χ2n) is 16.9. The average Bonchev–Trinajstić information content (AvgIpc) is 3.33. The molecule has 4 aromatic carbocycles. The monoisotopic (exact) mass is 944 g/mol. The number of hydrogen-bond donors (Lipinski definition) is 5. The van der Waals surface area contributed by atoms with E-state index >= 15 is 0 Å². The van der Waals surface area contributed by atoms with Crippen LogP contribution in [-0.2, 0) is 35.1 Å². The van der Waals surface area contributed by atoms with Crippen molar-refractivity contribution < 1.29 is 48.5 Å². The molecule has 0 saturated heterocycles. The van der Waals surface area contributed by atoms with Crippen molar-refractivity contribution in [3.8, 4) is 33.8 Å². The molecule has 354 valence electrons. The minimum atomic E-state index is -1.33. The number of carbonyl (C=O) groups excluding carboxylic acids is 7. The highest BCUT2D eigenvalue weighted by Gasteiger charge is 2.36. The third-order valence-corrected chi connectivity index (χ3v) is 12.1. The first-order chi connectivity index (χ1) is 32.5. The molecule has 0 aliphatic carbocycles. The Labute approximate surface area is 398 Å². The van der Waals surface area contributed by atoms with Crippen LogP contribution in [0.5, 0.6) is 11.5 Å². The molecule has 6 rings (SSSR count). The Hall–Kier alpha value is -7.30. The average molecular weight is 945 g/mol. The second kappa shape index (κ2) is 22.9. The number of likely N-dealkylation sites (N-methyl/N-ethyl adjacent to an activating group) is 1. The van der Waals surface area contributed by atoms with E-state index in [0.29, 0.717) is 35.5 Å². The Balaban J connectivity index is 1.26. The predicted molar refractivity (Wildman–Crippen MR) is 252 cm³/mol. The lowest BCUT2D eigenvalue weighted by Crippen LogP contribution is -2.53. The Bertz CT molecular complexity index is 2660. The highest BCUT2D eigenvalue weighted by atomic mass is 35.5. The summed E-state index contributed by atoms with van der Waals surface area (Å²) in [6.07, 6.45) is 3.34. The number of nitrogens with one attached hydrogen (secondary N) is 2. The maximum Gasteiger partial charge on any atom is 0.376 e. The number of rotatable bonds is 16. The lowest BCUT2D eigenvalue weighted by Gasteiger charge is -2.32. The van der Waals surface area contributed by atoms with Crippen LogP contribution in [0.25, 0.3) is 22.3 Å². The van der Waals surface area contributed by atoms with Gasteiger partial charge >= 0.3 is 5.97 Å². The molecule has 5 aromatic rings. The summed E-state index contributed by atoms with van der Waals surface area (Å²) in [7, 11) is 1.45. The van der Waals surface area contributed by atoms with Crippen LogP contribution in [0.2, 0.25) is 5.02 Å². The number of unbranched alkanes of at least 4 members (excludes halogenated alkanes) is 1. The van der Waals surface area contributed by atoms with E-state index in [2.05, 4.69) is 20.6 Å². The molecule has 1 aliphatic rings. The summed E-state index contributed by atoms with van der Waals surface area (Å²) in [6, 6.07) is 20.7. The number of ether oxygens (including phenoxy) is 1. The van der Waals surface area contributed by atoms with E-state index in [0.717, 1.165) is 11.1 Å². The van der Waals surface area contributed by atoms with Crippen molar-refractivity contribution in [3.63, 3.8) is 0 Å². The van der Waals surface area contributed by atoms with Crippen LogP contribution < -0.4 is 16.4 Å². The Morgan fingerprint density at radius 3 is 2.18 bits per heavy atom. The number of aromatic hydroxyl groups is 2. The topological polar surface area (TPSA) is 248 Å². The fourth-order valence-electron chi connectivity index (χ4n) is 7.98. The summed E-state index contributed by atoms with van der Waals surface area (Å²) in [5.74, 6) is -7.11. The van der Waals surface area contributed by atoms with Gasteiger partial charge in [0, 0.05) is 72.3 Å². The van der Waals surface area contributed by atoms with Crippen LogP contribution >= 0.6 is 11.6 Å². The fraction of sp³-hybridized carbons (Fsp3) is 0.314. The number of esters is 1. The van der Waals surface area contributed by atoms with Gasteiger partial charge in [0.05, 0.1) is 6.04 Å². The number of nitrogens with zero attached hydrogens (tertiary/aromatic N) is 3. The summed E-state index contributed by atoms with van der Waals surface area (Å²) >= 11 is 6.06. The molecule has 1 aliphatic heterocycles. The lowest BCUT2D eigenvalue weighted by molar-refractivity contribution is -0.142. The van der Waals surface area contributed by atoms with Gasteiger partial charge in [-0.2, -0.15) is 0 Å². The molecule has 4 bridgehead atoms. The minimum absolute atomic E-state index is 0.113. The summed E-state index contributed by atoms with van der Waals surface area (Å²) < 4.78 is 5.03. The van der Waals surface area contributed by atoms with Gasteiger partial charge in [-0.3, -0.25) is 28.8 Å². The van der Waals surface area contributed by atoms with Gasteiger partial charge in [0.2, 0.25) is 23.5 Å². The van der Waals surface area contributed by atoms with Crippen molar-refractivity contribution in [3.05, 3.63) is 131 Å². The van der Waals surface area contributed by atoms with E-state index in [1.807, 2.05) is 24.3 Å². The zero-order chi connectivity index (χ0) is 49.1. The molecule has 0 unspecified atom stereocenters. The fourth-order valence-corrected chi connectivity index (χ4v) is 8.10. The van der Waals surface area contributed by atoms with Gasteiger partial charge in [0.25, 0.3) is 0 Å². The molecule has 5 atom stereocenters. The summed E-state index contributed by atoms with van der Waals surface area (Å²) in [4.78, 5) is 105. The second-order valence-corrected chi connectivity index (χ2v) is 17.3. The minimum Gasteiger partial charge on any atom is -0.507 e. The highest BCUT2D eigenvalue weighted by molar-refractivity contribution is 6.30. The number of Topliss-reactive ketones (excluding diaryl/α,β-unsaturated/α-hetero) is 3. The zero-order valence-electron chi connectivity index (χ0n) is 37.8. The van der Waals surface area contributed by atoms with Gasteiger partial charge in [-0.05, 0) is 91.0 Å². The first-order valence-corrected chi connectivity index (χ1v) is 22.5. The number of nitrogens with two attached hydrogens (primary N) is 1. The van der Waals surface area contributed by atoms with Crippen molar-refractivity contribution >= 4 is 52.6 Å². The molecular formula is C51H53ClN6O10. The van der Waals surface area contributed by atoms with Crippen LogP contribution in [0.4, 0.5) is 0 Å². The number of hydrogen-bond acceptors (Lipinski definition) is 13. The maximum atomic E-state index is 14.7. The third-order valence-electron chi connectivity index (χ3n) is 11.9. The van der Waals surface area contributed by atoms with E-state index in [9.17, 15) is 43.8 Å². The third kappa shape index (κ3) is 12.6. The van der Waals surface area contributed by atoms with E-state index in [1.165, 1.54) is 80.7 Å². The molecule has 0 saturated carbocycles. The normalized spacial score (nSPS) is 16.9. The largest absolute Gasteiger partial charge is 0.507 e. The smallest absolute Gasteiger partial charge is 0.376 e. The zero-order valence-corrected chi connectivity index (χ0v) is 38.6. The number of phenolic OH excluding ortho intramolecular Hbond substituents is 2. The van der Waals surface area contributed by atoms with Gasteiger partial charge in [0.1, 0.15) is 23.6 Å². The molecular weight excluding hydrogens is 892 g/mol. The lowest BCUT2D eigenvalue weighted by atomic mass is 9.88. The number of phenols is 2. The van der Waals surface area contributed by atoms with Gasteiger partial charge in [-0.15, -0.1) is 0 Å². The van der Waals surface area contributed by atoms with E-state index in [-0.39, 0.29) is 59.1 Å². The van der Waals surface area contributed by atoms with E-state index in [4.69, 9.17) is 22.1 Å². The van der Waals surface area contributed by atoms with Crippen molar-refractivity contribution in [1.82, 2.24) is 25.5 Å². The molecule has 68 heavy (non-hydrogen) atoms. The molecule has 0 spiro atoms. The number of amides is 3. The molecule has 6 N–H and O–H groups in total. The Kier molecular flexibility index (Phi) is 16.9. The highest BCUT2D eigenvalue weighted by Crippen LogP contribution is 2.40. The first kappa shape index (κ1) is 50.1. The van der Waals surface area contributed by atoms with E-state index < -0.39 is 78.2 Å². The number of fused-ring (bicyclic) bond motifs is 5. The van der Waals surface area contributed by atoms with Gasteiger partial charge < -0.3 is 36.2 Å². The van der Waals surface area contributed by atoms with Gasteiger partial charge in [0.15, 0.2) is 24.0 Å². The molecule has 16 nitrogen and oxygen atoms in total.